The van der Waals surface area contributed by atoms with Gasteiger partial charge in [-0.05, 0) is 17.6 Å². The highest BCUT2D eigenvalue weighted by Gasteiger charge is 2.04. The van der Waals surface area contributed by atoms with Gasteiger partial charge < -0.3 is 5.73 Å². The summed E-state index contributed by atoms with van der Waals surface area (Å²) in [5.74, 6) is 0. The maximum absolute atomic E-state index is 5.84. The van der Waals surface area contributed by atoms with E-state index in [9.17, 15) is 0 Å². The Morgan fingerprint density at radius 1 is 1.17 bits per heavy atom. The van der Waals surface area contributed by atoms with Crippen LogP contribution in [0.5, 0.6) is 0 Å². The fraction of sp³-hybridized carbons (Fsp3) is 0. The normalized spacial score (nSPS) is 14.8. The average Bonchev–Trinajstić information content (AvgIpc) is 2.29. The second-order valence-electron chi connectivity index (χ2n) is 2.56. The van der Waals surface area contributed by atoms with Gasteiger partial charge in [-0.1, -0.05) is 36.0 Å². The van der Waals surface area contributed by atoms with Gasteiger partial charge in [0.15, 0.2) is 0 Å². The Morgan fingerprint density at radius 3 is 2.92 bits per heavy atom. The summed E-state index contributed by atoms with van der Waals surface area (Å²) in [5.41, 5.74) is 7.81. The van der Waals surface area contributed by atoms with E-state index >= 15 is 0 Å². The van der Waals surface area contributed by atoms with Gasteiger partial charge >= 0.3 is 0 Å². The van der Waals surface area contributed by atoms with Crippen LogP contribution in [0, 0.1) is 0 Å². The van der Waals surface area contributed by atoms with E-state index in [1.54, 1.807) is 11.8 Å². The van der Waals surface area contributed by atoms with E-state index in [4.69, 9.17) is 5.73 Å². The Morgan fingerprint density at radius 2 is 2.00 bits per heavy atom. The van der Waals surface area contributed by atoms with Crippen LogP contribution in [0.1, 0.15) is 5.56 Å². The molecular formula is C10H9NS. The first-order valence-corrected chi connectivity index (χ1v) is 4.64. The number of thioether (sulfide) groups is 1. The molecule has 0 fully saturated rings. The van der Waals surface area contributed by atoms with E-state index in [0.717, 1.165) is 11.3 Å². The Hall–Kier alpha value is -1.15. The van der Waals surface area contributed by atoms with Crippen molar-refractivity contribution in [3.05, 3.63) is 47.4 Å². The summed E-state index contributed by atoms with van der Waals surface area (Å²) < 4.78 is 0. The Labute approximate surface area is 76.0 Å². The molecular weight excluding hydrogens is 166 g/mol. The number of hydrogen-bond donors (Lipinski definition) is 1. The first-order chi connectivity index (χ1) is 5.88. The van der Waals surface area contributed by atoms with Crippen LogP contribution in [0.3, 0.4) is 0 Å². The standard InChI is InChI=1S/C10H9NS/c11-9-5-3-7-12-10-6-2-1-4-8(9)10/h1-7H,11H2. The van der Waals surface area contributed by atoms with Gasteiger partial charge in [-0.3, -0.25) is 0 Å². The van der Waals surface area contributed by atoms with Gasteiger partial charge in [0.25, 0.3) is 0 Å². The molecule has 0 saturated heterocycles. The number of benzene rings is 1. The minimum atomic E-state index is 0.840. The molecule has 0 unspecified atom stereocenters. The van der Waals surface area contributed by atoms with E-state index in [-0.39, 0.29) is 0 Å². The van der Waals surface area contributed by atoms with E-state index < -0.39 is 0 Å². The molecule has 0 aromatic heterocycles. The Balaban J connectivity index is 2.58. The highest BCUT2D eigenvalue weighted by atomic mass is 32.2. The van der Waals surface area contributed by atoms with E-state index in [2.05, 4.69) is 6.07 Å². The van der Waals surface area contributed by atoms with E-state index in [1.807, 2.05) is 35.8 Å². The lowest BCUT2D eigenvalue weighted by molar-refractivity contribution is 1.37. The maximum Gasteiger partial charge on any atom is 0.0399 e. The van der Waals surface area contributed by atoms with Crippen molar-refractivity contribution >= 4 is 17.5 Å². The fourth-order valence-electron chi connectivity index (χ4n) is 1.15. The van der Waals surface area contributed by atoms with Crippen LogP contribution in [0.2, 0.25) is 0 Å². The number of nitrogens with two attached hydrogens (primary N) is 1. The fourth-order valence-corrected chi connectivity index (χ4v) is 1.93. The molecule has 0 spiro atoms. The minimum Gasteiger partial charge on any atom is -0.398 e. The van der Waals surface area contributed by atoms with Gasteiger partial charge in [-0.25, -0.2) is 0 Å². The van der Waals surface area contributed by atoms with Gasteiger partial charge in [0.05, 0.1) is 0 Å². The third-order valence-corrected chi connectivity index (χ3v) is 2.65. The first kappa shape index (κ1) is 7.50. The molecule has 2 heteroatoms. The van der Waals surface area contributed by atoms with E-state index in [1.165, 1.54) is 4.90 Å². The van der Waals surface area contributed by atoms with Crippen molar-refractivity contribution in [3.8, 4) is 0 Å². The van der Waals surface area contributed by atoms with Gasteiger partial charge in [-0.2, -0.15) is 0 Å². The van der Waals surface area contributed by atoms with Crippen molar-refractivity contribution in [2.75, 3.05) is 0 Å². The molecule has 0 amide bonds. The molecule has 1 nitrogen and oxygen atoms in total. The highest BCUT2D eigenvalue weighted by molar-refractivity contribution is 8.02. The summed E-state index contributed by atoms with van der Waals surface area (Å²) in [5, 5.41) is 2.04. The van der Waals surface area contributed by atoms with Crippen molar-refractivity contribution in [2.45, 2.75) is 4.90 Å². The molecule has 2 rings (SSSR count). The first-order valence-electron chi connectivity index (χ1n) is 3.76. The quantitative estimate of drug-likeness (QED) is 0.656. The van der Waals surface area contributed by atoms with Crippen LogP contribution in [0.15, 0.2) is 46.7 Å². The van der Waals surface area contributed by atoms with E-state index in [0.29, 0.717) is 0 Å². The molecule has 0 bridgehead atoms. The second kappa shape index (κ2) is 3.07. The summed E-state index contributed by atoms with van der Waals surface area (Å²) in [6, 6.07) is 8.15. The van der Waals surface area contributed by atoms with Crippen LogP contribution in [0.25, 0.3) is 5.70 Å². The topological polar surface area (TPSA) is 26.0 Å². The molecule has 1 aliphatic heterocycles. The van der Waals surface area contributed by atoms with Crippen molar-refractivity contribution < 1.29 is 0 Å². The predicted molar refractivity (Wildman–Crippen MR) is 53.6 cm³/mol. The largest absolute Gasteiger partial charge is 0.398 e. The zero-order valence-electron chi connectivity index (χ0n) is 6.53. The molecule has 0 saturated carbocycles. The zero-order valence-corrected chi connectivity index (χ0v) is 7.34. The van der Waals surface area contributed by atoms with Crippen LogP contribution in [0.4, 0.5) is 0 Å². The van der Waals surface area contributed by atoms with Crippen molar-refractivity contribution in [2.24, 2.45) is 5.73 Å². The molecule has 1 heterocycles. The second-order valence-corrected chi connectivity index (χ2v) is 3.51. The Kier molecular flexibility index (Phi) is 1.92. The molecule has 1 aromatic carbocycles. The summed E-state index contributed by atoms with van der Waals surface area (Å²) in [4.78, 5) is 1.22. The molecule has 0 aliphatic carbocycles. The van der Waals surface area contributed by atoms with Crippen LogP contribution < -0.4 is 5.73 Å². The SMILES string of the molecule is NC1=CC=CSc2ccccc21. The van der Waals surface area contributed by atoms with Crippen molar-refractivity contribution in [1.82, 2.24) is 0 Å². The van der Waals surface area contributed by atoms with Gasteiger partial charge in [0, 0.05) is 16.2 Å². The highest BCUT2D eigenvalue weighted by Crippen LogP contribution is 2.29. The molecule has 1 aromatic rings. The van der Waals surface area contributed by atoms with Crippen LogP contribution >= 0.6 is 11.8 Å². The lowest BCUT2D eigenvalue weighted by Gasteiger charge is -2.03. The number of hydrogen-bond acceptors (Lipinski definition) is 2. The molecule has 0 atom stereocenters. The smallest absolute Gasteiger partial charge is 0.0399 e. The van der Waals surface area contributed by atoms with Gasteiger partial charge in [0.2, 0.25) is 0 Å². The summed E-state index contributed by atoms with van der Waals surface area (Å²) in [6.07, 6.45) is 3.90. The average molecular weight is 175 g/mol. The Bertz CT molecular complexity index is 353. The van der Waals surface area contributed by atoms with Gasteiger partial charge in [-0.15, -0.1) is 0 Å². The summed E-state index contributed by atoms with van der Waals surface area (Å²) in [7, 11) is 0. The summed E-state index contributed by atoms with van der Waals surface area (Å²) in [6.45, 7) is 0. The van der Waals surface area contributed by atoms with Crippen molar-refractivity contribution in [1.29, 1.82) is 0 Å². The monoisotopic (exact) mass is 175 g/mol. The molecule has 12 heavy (non-hydrogen) atoms. The van der Waals surface area contributed by atoms with Gasteiger partial charge in [0.1, 0.15) is 0 Å². The van der Waals surface area contributed by atoms with Crippen molar-refractivity contribution in [3.63, 3.8) is 0 Å². The predicted octanol–water partition coefficient (Wildman–Crippen LogP) is 2.61. The lowest BCUT2D eigenvalue weighted by atomic mass is 10.1. The number of allylic oxidation sites excluding steroid dienone is 2. The molecule has 2 N–H and O–H groups in total. The molecule has 1 aliphatic rings. The zero-order chi connectivity index (χ0) is 8.39. The lowest BCUT2D eigenvalue weighted by Crippen LogP contribution is -1.95. The molecule has 0 radical (unpaired) electrons. The van der Waals surface area contributed by atoms with Crippen LogP contribution in [-0.4, -0.2) is 0 Å². The summed E-state index contributed by atoms with van der Waals surface area (Å²) >= 11 is 1.70. The number of fused-ring (bicyclic) bond motifs is 1. The number of rotatable bonds is 0. The van der Waals surface area contributed by atoms with Crippen LogP contribution in [-0.2, 0) is 0 Å². The molecule has 60 valence electrons. The minimum absolute atomic E-state index is 0.840. The maximum atomic E-state index is 5.84. The third-order valence-electron chi connectivity index (χ3n) is 1.75. The third kappa shape index (κ3) is 1.25.